The summed E-state index contributed by atoms with van der Waals surface area (Å²) in [5, 5.41) is 5.50. The molecule has 150 valence electrons. The Morgan fingerprint density at radius 3 is 2.24 bits per heavy atom. The van der Waals surface area contributed by atoms with Gasteiger partial charge in [-0.05, 0) is 43.7 Å². The second kappa shape index (κ2) is 8.68. The molecule has 7 heteroatoms. The number of carbonyl (C=O) groups excluding carboxylic acids is 4. The van der Waals surface area contributed by atoms with Gasteiger partial charge < -0.3 is 10.6 Å². The number of anilines is 2. The number of nitrogens with one attached hydrogen (secondary N) is 2. The van der Waals surface area contributed by atoms with Gasteiger partial charge in [0.15, 0.2) is 0 Å². The number of amides is 4. The van der Waals surface area contributed by atoms with E-state index in [9.17, 15) is 19.2 Å². The van der Waals surface area contributed by atoms with Gasteiger partial charge in [0.25, 0.3) is 11.8 Å². The molecule has 4 amide bonds. The third kappa shape index (κ3) is 4.68. The molecule has 2 aromatic rings. The quantitative estimate of drug-likeness (QED) is 0.705. The van der Waals surface area contributed by atoms with Crippen molar-refractivity contribution in [2.75, 3.05) is 17.2 Å². The summed E-state index contributed by atoms with van der Waals surface area (Å²) in [4.78, 5) is 49.7. The Hall–Kier alpha value is -3.48. The van der Waals surface area contributed by atoms with Gasteiger partial charge in [0.1, 0.15) is 0 Å². The highest BCUT2D eigenvalue weighted by molar-refractivity contribution is 6.21. The number of fused-ring (bicyclic) bond motifs is 1. The molecule has 0 bridgehead atoms. The minimum Gasteiger partial charge on any atom is -0.326 e. The van der Waals surface area contributed by atoms with Crippen LogP contribution < -0.4 is 10.6 Å². The first-order chi connectivity index (χ1) is 13.9. The second-order valence-corrected chi connectivity index (χ2v) is 6.95. The van der Waals surface area contributed by atoms with Crippen LogP contribution in [0.25, 0.3) is 0 Å². The van der Waals surface area contributed by atoms with E-state index in [0.29, 0.717) is 35.3 Å². The Morgan fingerprint density at radius 2 is 1.55 bits per heavy atom. The smallest absolute Gasteiger partial charge is 0.261 e. The minimum atomic E-state index is -0.315. The highest BCUT2D eigenvalue weighted by atomic mass is 16.2. The summed E-state index contributed by atoms with van der Waals surface area (Å²) in [6.45, 7) is 3.82. The average Bonchev–Trinajstić information content (AvgIpc) is 2.92. The third-order valence-corrected chi connectivity index (χ3v) is 4.66. The van der Waals surface area contributed by atoms with Crippen LogP contribution >= 0.6 is 0 Å². The fourth-order valence-corrected chi connectivity index (χ4v) is 3.15. The number of imide groups is 1. The largest absolute Gasteiger partial charge is 0.326 e. The summed E-state index contributed by atoms with van der Waals surface area (Å²) in [7, 11) is 0. The number of hydrogen-bond acceptors (Lipinski definition) is 4. The van der Waals surface area contributed by atoms with E-state index in [1.165, 1.54) is 4.90 Å². The highest BCUT2D eigenvalue weighted by Gasteiger charge is 2.34. The number of hydrogen-bond donors (Lipinski definition) is 2. The van der Waals surface area contributed by atoms with Crippen LogP contribution in [0.1, 0.15) is 52.5 Å². The van der Waals surface area contributed by atoms with Crippen LogP contribution in [0.2, 0.25) is 0 Å². The zero-order valence-electron chi connectivity index (χ0n) is 16.5. The lowest BCUT2D eigenvalue weighted by Gasteiger charge is -2.13. The molecule has 0 saturated heterocycles. The van der Waals surface area contributed by atoms with E-state index in [1.807, 2.05) is 6.92 Å². The molecule has 0 aromatic heterocycles. The molecule has 0 fully saturated rings. The maximum Gasteiger partial charge on any atom is 0.261 e. The molecule has 0 radical (unpaired) electrons. The topological polar surface area (TPSA) is 95.6 Å². The van der Waals surface area contributed by atoms with Crippen molar-refractivity contribution >= 4 is 35.0 Å². The fraction of sp³-hybridized carbons (Fsp3) is 0.273. The number of aryl methyl sites for hydroxylation is 1. The number of nitrogens with zero attached hydrogens (tertiary/aromatic N) is 1. The van der Waals surface area contributed by atoms with Gasteiger partial charge in [-0.25, -0.2) is 0 Å². The van der Waals surface area contributed by atoms with Crippen molar-refractivity contribution < 1.29 is 19.2 Å². The SMILES string of the molecule is CCC(=O)Nc1cccc(NC(=O)CCCN2C(=O)c3ccc(C)cc3C2=O)c1. The highest BCUT2D eigenvalue weighted by Crippen LogP contribution is 2.24. The Bertz CT molecular complexity index is 984. The van der Waals surface area contributed by atoms with E-state index in [-0.39, 0.29) is 36.6 Å². The van der Waals surface area contributed by atoms with Gasteiger partial charge >= 0.3 is 0 Å². The van der Waals surface area contributed by atoms with Crippen LogP contribution in [-0.2, 0) is 9.59 Å². The van der Waals surface area contributed by atoms with Gasteiger partial charge in [0.2, 0.25) is 11.8 Å². The van der Waals surface area contributed by atoms with Crippen LogP contribution in [0.4, 0.5) is 11.4 Å². The van der Waals surface area contributed by atoms with Crippen molar-refractivity contribution in [3.63, 3.8) is 0 Å². The predicted octanol–water partition coefficient (Wildman–Crippen LogP) is 3.36. The lowest BCUT2D eigenvalue weighted by Crippen LogP contribution is -2.31. The van der Waals surface area contributed by atoms with Gasteiger partial charge in [-0.3, -0.25) is 24.1 Å². The molecule has 7 nitrogen and oxygen atoms in total. The molecule has 0 atom stereocenters. The van der Waals surface area contributed by atoms with Gasteiger partial charge in [0.05, 0.1) is 11.1 Å². The first-order valence-corrected chi connectivity index (χ1v) is 9.55. The molecule has 1 heterocycles. The third-order valence-electron chi connectivity index (χ3n) is 4.66. The zero-order valence-corrected chi connectivity index (χ0v) is 16.5. The normalized spacial score (nSPS) is 12.7. The van der Waals surface area contributed by atoms with E-state index in [1.54, 1.807) is 49.4 Å². The first kappa shape index (κ1) is 20.3. The molecule has 0 unspecified atom stereocenters. The van der Waals surface area contributed by atoms with E-state index in [0.717, 1.165) is 5.56 Å². The molecule has 0 spiro atoms. The second-order valence-electron chi connectivity index (χ2n) is 6.95. The first-order valence-electron chi connectivity index (χ1n) is 9.55. The molecule has 1 aliphatic rings. The molecular weight excluding hydrogens is 370 g/mol. The van der Waals surface area contributed by atoms with Gasteiger partial charge in [-0.15, -0.1) is 0 Å². The number of carbonyl (C=O) groups is 4. The van der Waals surface area contributed by atoms with Crippen LogP contribution in [0, 0.1) is 6.92 Å². The van der Waals surface area contributed by atoms with E-state index >= 15 is 0 Å². The van der Waals surface area contributed by atoms with Crippen molar-refractivity contribution in [1.82, 2.24) is 4.90 Å². The molecule has 0 saturated carbocycles. The Labute approximate surface area is 169 Å². The zero-order chi connectivity index (χ0) is 21.0. The van der Waals surface area contributed by atoms with Gasteiger partial charge in [0, 0.05) is 30.8 Å². The van der Waals surface area contributed by atoms with Crippen LogP contribution in [-0.4, -0.2) is 35.1 Å². The molecule has 29 heavy (non-hydrogen) atoms. The summed E-state index contributed by atoms with van der Waals surface area (Å²) < 4.78 is 0. The van der Waals surface area contributed by atoms with Crippen LogP contribution in [0.15, 0.2) is 42.5 Å². The van der Waals surface area contributed by atoms with Crippen molar-refractivity contribution in [3.05, 3.63) is 59.2 Å². The molecule has 1 aliphatic heterocycles. The molecule has 2 aromatic carbocycles. The summed E-state index contributed by atoms with van der Waals surface area (Å²) in [6, 6.07) is 12.1. The lowest BCUT2D eigenvalue weighted by atomic mass is 10.1. The maximum atomic E-state index is 12.4. The van der Waals surface area contributed by atoms with Crippen LogP contribution in [0.5, 0.6) is 0 Å². The standard InChI is InChI=1S/C22H23N3O4/c1-3-19(26)23-15-6-4-7-16(13-15)24-20(27)8-5-11-25-21(28)17-10-9-14(2)12-18(17)22(25)29/h4,6-7,9-10,12-13H,3,5,8,11H2,1-2H3,(H,23,26)(H,24,27). The molecule has 2 N–H and O–H groups in total. The lowest BCUT2D eigenvalue weighted by molar-refractivity contribution is -0.116. The van der Waals surface area contributed by atoms with Gasteiger partial charge in [-0.2, -0.15) is 0 Å². The van der Waals surface area contributed by atoms with Crippen molar-refractivity contribution in [2.24, 2.45) is 0 Å². The summed E-state index contributed by atoms with van der Waals surface area (Å²) in [5.74, 6) is -0.959. The minimum absolute atomic E-state index is 0.107. The molecule has 3 rings (SSSR count). The van der Waals surface area contributed by atoms with E-state index in [2.05, 4.69) is 10.6 Å². The van der Waals surface area contributed by atoms with Crippen molar-refractivity contribution in [1.29, 1.82) is 0 Å². The summed E-state index contributed by atoms with van der Waals surface area (Å²) in [5.41, 5.74) is 2.93. The van der Waals surface area contributed by atoms with E-state index < -0.39 is 0 Å². The maximum absolute atomic E-state index is 12.4. The van der Waals surface area contributed by atoms with Crippen molar-refractivity contribution in [2.45, 2.75) is 33.1 Å². The Balaban J connectivity index is 1.52. The molecule has 0 aliphatic carbocycles. The monoisotopic (exact) mass is 393 g/mol. The number of benzene rings is 2. The van der Waals surface area contributed by atoms with Crippen LogP contribution in [0.3, 0.4) is 0 Å². The van der Waals surface area contributed by atoms with Crippen molar-refractivity contribution in [3.8, 4) is 0 Å². The average molecular weight is 393 g/mol. The summed E-state index contributed by atoms with van der Waals surface area (Å²) >= 11 is 0. The molecular formula is C22H23N3O4. The van der Waals surface area contributed by atoms with E-state index in [4.69, 9.17) is 0 Å². The Morgan fingerprint density at radius 1 is 0.897 bits per heavy atom. The van der Waals surface area contributed by atoms with Gasteiger partial charge in [-0.1, -0.05) is 24.6 Å². The number of rotatable bonds is 7. The predicted molar refractivity (Wildman–Crippen MR) is 110 cm³/mol. The fourth-order valence-electron chi connectivity index (χ4n) is 3.15. The summed E-state index contributed by atoms with van der Waals surface area (Å²) in [6.07, 6.45) is 0.897. The Kier molecular flexibility index (Phi) is 6.07.